The van der Waals surface area contributed by atoms with Crippen LogP contribution in [0.1, 0.15) is 61.2 Å². The molecule has 2 amide bonds. The summed E-state index contributed by atoms with van der Waals surface area (Å²) >= 11 is 0. The predicted molar refractivity (Wildman–Crippen MR) is 142 cm³/mol. The Balaban J connectivity index is 1.73. The summed E-state index contributed by atoms with van der Waals surface area (Å²) in [6, 6.07) is 11.9. The first-order valence-corrected chi connectivity index (χ1v) is 13.6. The Hall–Kier alpha value is -2.97. The third-order valence-electron chi connectivity index (χ3n) is 7.06. The summed E-state index contributed by atoms with van der Waals surface area (Å²) in [5.41, 5.74) is 2.39. The van der Waals surface area contributed by atoms with Gasteiger partial charge in [-0.25, -0.2) is 8.42 Å². The van der Waals surface area contributed by atoms with Crippen molar-refractivity contribution in [1.29, 1.82) is 0 Å². The monoisotopic (exact) mass is 511 g/mol. The van der Waals surface area contributed by atoms with E-state index in [0.717, 1.165) is 5.56 Å². The number of nitrogens with one attached hydrogen (secondary N) is 2. The molecule has 36 heavy (non-hydrogen) atoms. The maximum Gasteiger partial charge on any atom is 0.251 e. The fourth-order valence-electron chi connectivity index (χ4n) is 5.11. The van der Waals surface area contributed by atoms with Crippen LogP contribution in [0.2, 0.25) is 0 Å². The van der Waals surface area contributed by atoms with Gasteiger partial charge in [0.1, 0.15) is 0 Å². The lowest BCUT2D eigenvalue weighted by Gasteiger charge is -2.40. The third kappa shape index (κ3) is 5.55. The van der Waals surface area contributed by atoms with Crippen LogP contribution in [0.5, 0.6) is 0 Å². The van der Waals surface area contributed by atoms with Crippen molar-refractivity contribution in [2.75, 3.05) is 6.54 Å². The molecule has 1 aliphatic rings. The van der Waals surface area contributed by atoms with E-state index in [0.29, 0.717) is 24.9 Å². The largest absolute Gasteiger partial charge is 0.352 e. The van der Waals surface area contributed by atoms with E-state index >= 15 is 0 Å². The van der Waals surface area contributed by atoms with Crippen molar-refractivity contribution in [2.24, 2.45) is 0 Å². The summed E-state index contributed by atoms with van der Waals surface area (Å²) in [4.78, 5) is 24.7. The normalized spacial score (nSPS) is 19.0. The molecule has 7 nitrogen and oxygen atoms in total. The van der Waals surface area contributed by atoms with Gasteiger partial charge in [-0.2, -0.15) is 4.31 Å². The maximum absolute atomic E-state index is 13.7. The number of carbonyl (C=O) groups is 2. The number of carbonyl (C=O) groups excluding carboxylic acids is 2. The molecule has 0 aliphatic carbocycles. The summed E-state index contributed by atoms with van der Waals surface area (Å²) in [6.07, 6.45) is 2.35. The van der Waals surface area contributed by atoms with Crippen molar-refractivity contribution >= 4 is 21.8 Å². The fourth-order valence-corrected chi connectivity index (χ4v) is 7.28. The lowest BCUT2D eigenvalue weighted by Crippen LogP contribution is -2.56. The highest BCUT2D eigenvalue weighted by atomic mass is 32.2. The van der Waals surface area contributed by atoms with Gasteiger partial charge < -0.3 is 10.6 Å². The predicted octanol–water partition coefficient (Wildman–Crippen LogP) is 3.90. The number of amides is 2. The van der Waals surface area contributed by atoms with E-state index in [-0.39, 0.29) is 22.8 Å². The molecule has 2 aromatic rings. The Bertz CT molecular complexity index is 1260. The molecule has 2 N–H and O–H groups in total. The van der Waals surface area contributed by atoms with Gasteiger partial charge in [0.25, 0.3) is 5.91 Å². The second-order valence-electron chi connectivity index (χ2n) is 10.7. The van der Waals surface area contributed by atoms with Gasteiger partial charge in [-0.1, -0.05) is 24.8 Å². The molecular weight excluding hydrogens is 474 g/mol. The number of hydrogen-bond donors (Lipinski definition) is 2. The summed E-state index contributed by atoms with van der Waals surface area (Å²) in [5.74, 6) is -0.590. The quantitative estimate of drug-likeness (QED) is 0.526. The van der Waals surface area contributed by atoms with Crippen molar-refractivity contribution in [3.8, 4) is 0 Å². The molecule has 3 rings (SSSR count). The zero-order chi connectivity index (χ0) is 26.9. The van der Waals surface area contributed by atoms with Crippen molar-refractivity contribution in [2.45, 2.75) is 76.4 Å². The standard InChI is InChI=1S/C28H37N3O4S/c1-8-25(32)30-24-18-27(4,5)31(28(24,6)7)36(34,35)23-13-11-22(12-14-23)26(33)29-16-15-21-10-9-19(2)20(3)17-21/h8-14,17,24H,1,15-16,18H2,2-7H3,(H,29,33)(H,30,32). The Morgan fingerprint density at radius 3 is 2.28 bits per heavy atom. The highest BCUT2D eigenvalue weighted by molar-refractivity contribution is 7.89. The number of nitrogens with zero attached hydrogens (tertiary/aromatic N) is 1. The molecule has 1 heterocycles. The Morgan fingerprint density at radius 1 is 1.06 bits per heavy atom. The smallest absolute Gasteiger partial charge is 0.251 e. The number of benzene rings is 2. The summed E-state index contributed by atoms with van der Waals surface area (Å²) in [7, 11) is -3.91. The first-order chi connectivity index (χ1) is 16.7. The molecule has 1 atom stereocenters. The molecule has 194 valence electrons. The van der Waals surface area contributed by atoms with Crippen molar-refractivity contribution in [1.82, 2.24) is 14.9 Å². The molecule has 0 radical (unpaired) electrons. The minimum absolute atomic E-state index is 0.103. The molecule has 0 saturated carbocycles. The van der Waals surface area contributed by atoms with E-state index in [2.05, 4.69) is 49.3 Å². The Morgan fingerprint density at radius 2 is 1.69 bits per heavy atom. The van der Waals surface area contributed by atoms with Gasteiger partial charge in [0, 0.05) is 23.7 Å². The van der Waals surface area contributed by atoms with Gasteiger partial charge >= 0.3 is 0 Å². The van der Waals surface area contributed by atoms with Crippen LogP contribution in [0.4, 0.5) is 0 Å². The number of aryl methyl sites for hydroxylation is 2. The highest BCUT2D eigenvalue weighted by Crippen LogP contribution is 2.44. The number of hydrogen-bond acceptors (Lipinski definition) is 4. The zero-order valence-corrected chi connectivity index (χ0v) is 22.8. The van der Waals surface area contributed by atoms with E-state index in [1.807, 2.05) is 27.7 Å². The van der Waals surface area contributed by atoms with E-state index in [1.54, 1.807) is 0 Å². The van der Waals surface area contributed by atoms with Gasteiger partial charge in [-0.3, -0.25) is 9.59 Å². The van der Waals surface area contributed by atoms with E-state index in [4.69, 9.17) is 0 Å². The molecular formula is C28H37N3O4S. The fraction of sp³-hybridized carbons (Fsp3) is 0.429. The van der Waals surface area contributed by atoms with Crippen LogP contribution in [0.15, 0.2) is 60.0 Å². The number of rotatable bonds is 8. The molecule has 1 unspecified atom stereocenters. The molecule has 8 heteroatoms. The van der Waals surface area contributed by atoms with Gasteiger partial charge in [0.05, 0.1) is 10.4 Å². The summed E-state index contributed by atoms with van der Waals surface area (Å²) in [6.45, 7) is 15.4. The van der Waals surface area contributed by atoms with Crippen LogP contribution in [0.3, 0.4) is 0 Å². The minimum Gasteiger partial charge on any atom is -0.352 e. The molecule has 1 fully saturated rings. The molecule has 1 aliphatic heterocycles. The topological polar surface area (TPSA) is 95.6 Å². The van der Waals surface area contributed by atoms with Gasteiger partial charge in [0.2, 0.25) is 15.9 Å². The van der Waals surface area contributed by atoms with E-state index < -0.39 is 21.1 Å². The van der Waals surface area contributed by atoms with Gasteiger partial charge in [0.15, 0.2) is 0 Å². The van der Waals surface area contributed by atoms with E-state index in [9.17, 15) is 18.0 Å². The second kappa shape index (κ2) is 10.2. The second-order valence-corrected chi connectivity index (χ2v) is 12.4. The molecule has 0 aromatic heterocycles. The SMILES string of the molecule is C=CC(=O)NC1CC(C)(C)N(S(=O)(=O)c2ccc(C(=O)NCCc3ccc(C)c(C)c3)cc2)C1(C)C. The van der Waals surface area contributed by atoms with Crippen LogP contribution >= 0.6 is 0 Å². The van der Waals surface area contributed by atoms with Crippen LogP contribution in [0, 0.1) is 13.8 Å². The number of sulfonamides is 1. The molecule has 0 bridgehead atoms. The maximum atomic E-state index is 13.7. The average Bonchev–Trinajstić information content (AvgIpc) is 2.99. The lowest BCUT2D eigenvalue weighted by atomic mass is 9.94. The first kappa shape index (κ1) is 27.6. The first-order valence-electron chi connectivity index (χ1n) is 12.1. The Kier molecular flexibility index (Phi) is 7.81. The average molecular weight is 512 g/mol. The highest BCUT2D eigenvalue weighted by Gasteiger charge is 2.57. The van der Waals surface area contributed by atoms with Crippen LogP contribution in [0.25, 0.3) is 0 Å². The third-order valence-corrected chi connectivity index (χ3v) is 9.37. The van der Waals surface area contributed by atoms with Crippen molar-refractivity contribution in [3.05, 3.63) is 77.4 Å². The van der Waals surface area contributed by atoms with Crippen molar-refractivity contribution in [3.63, 3.8) is 0 Å². The van der Waals surface area contributed by atoms with Crippen LogP contribution < -0.4 is 10.6 Å². The summed E-state index contributed by atoms with van der Waals surface area (Å²) in [5, 5.41) is 5.78. The van der Waals surface area contributed by atoms with Gasteiger partial charge in [-0.05, 0) is 101 Å². The molecule has 1 saturated heterocycles. The lowest BCUT2D eigenvalue weighted by molar-refractivity contribution is -0.117. The molecule has 2 aromatic carbocycles. The van der Waals surface area contributed by atoms with Crippen LogP contribution in [-0.4, -0.2) is 48.2 Å². The van der Waals surface area contributed by atoms with Crippen LogP contribution in [-0.2, 0) is 21.2 Å². The van der Waals surface area contributed by atoms with E-state index in [1.165, 1.54) is 45.8 Å². The zero-order valence-electron chi connectivity index (χ0n) is 22.0. The van der Waals surface area contributed by atoms with Gasteiger partial charge in [-0.15, -0.1) is 0 Å². The van der Waals surface area contributed by atoms with Crippen molar-refractivity contribution < 1.29 is 18.0 Å². The minimum atomic E-state index is -3.91. The summed E-state index contributed by atoms with van der Waals surface area (Å²) < 4.78 is 28.9. The molecule has 0 spiro atoms. The Labute approximate surface area is 215 Å².